The predicted octanol–water partition coefficient (Wildman–Crippen LogP) is 5.13. The Labute approximate surface area is 158 Å². The maximum Gasteiger partial charge on any atom is 0.216 e. The SMILES string of the molecule is Fc1cc(Cl)c(Cl)cc1NC(=S)N1[C@H]2CC[C@@H]1c1ccnc(F)c1C2. The van der Waals surface area contributed by atoms with Crippen LogP contribution in [-0.4, -0.2) is 21.0 Å². The number of thiocarbonyl (C=S) groups is 1. The van der Waals surface area contributed by atoms with E-state index in [-0.39, 0.29) is 27.8 Å². The highest BCUT2D eigenvalue weighted by molar-refractivity contribution is 7.80. The summed E-state index contributed by atoms with van der Waals surface area (Å²) in [4.78, 5) is 5.77. The van der Waals surface area contributed by atoms with Crippen LogP contribution in [0.4, 0.5) is 14.5 Å². The quantitative estimate of drug-likeness (QED) is 0.408. The van der Waals surface area contributed by atoms with Gasteiger partial charge in [-0.15, -0.1) is 0 Å². The fraction of sp³-hybridized carbons (Fsp3) is 0.294. The molecule has 2 atom stereocenters. The molecular weight excluding hydrogens is 387 g/mol. The average Bonchev–Trinajstić information content (AvgIpc) is 2.89. The van der Waals surface area contributed by atoms with Gasteiger partial charge in [-0.3, -0.25) is 0 Å². The number of anilines is 1. The van der Waals surface area contributed by atoms with Crippen molar-refractivity contribution in [3.05, 3.63) is 57.3 Å². The summed E-state index contributed by atoms with van der Waals surface area (Å²) >= 11 is 17.3. The van der Waals surface area contributed by atoms with Crippen LogP contribution in [0, 0.1) is 11.8 Å². The molecule has 3 nitrogen and oxygen atoms in total. The molecular formula is C17H13Cl2F2N3S. The summed E-state index contributed by atoms with van der Waals surface area (Å²) in [7, 11) is 0. The number of hydrogen-bond acceptors (Lipinski definition) is 2. The first-order valence-electron chi connectivity index (χ1n) is 7.83. The standard InChI is InChI=1S/C17H13Cl2F2N3S/c18-11-6-13(20)14(7-12(11)19)23-17(25)24-8-1-2-15(24)9-3-4-22-16(21)10(9)5-8/h3-4,6-8,15H,1-2,5H2,(H,23,25)/t8-,15+/m0/s1. The second-order valence-corrected chi connectivity index (χ2v) is 7.41. The summed E-state index contributed by atoms with van der Waals surface area (Å²) in [5, 5.41) is 3.71. The number of nitrogens with zero attached hydrogens (tertiary/aromatic N) is 2. The number of hydrogen-bond donors (Lipinski definition) is 1. The van der Waals surface area contributed by atoms with Crippen molar-refractivity contribution in [3.8, 4) is 0 Å². The third kappa shape index (κ3) is 2.86. The second kappa shape index (κ2) is 6.34. The zero-order chi connectivity index (χ0) is 17.7. The van der Waals surface area contributed by atoms with Gasteiger partial charge in [-0.1, -0.05) is 23.2 Å². The van der Waals surface area contributed by atoms with E-state index in [1.54, 1.807) is 0 Å². The van der Waals surface area contributed by atoms with Gasteiger partial charge >= 0.3 is 0 Å². The first-order chi connectivity index (χ1) is 12.0. The van der Waals surface area contributed by atoms with Crippen molar-refractivity contribution in [3.63, 3.8) is 0 Å². The molecule has 0 saturated carbocycles. The topological polar surface area (TPSA) is 28.2 Å². The Bertz CT molecular complexity index is 877. The highest BCUT2D eigenvalue weighted by atomic mass is 35.5. The normalized spacial score (nSPS) is 21.2. The van der Waals surface area contributed by atoms with Crippen molar-refractivity contribution >= 4 is 46.2 Å². The molecule has 0 radical (unpaired) electrons. The monoisotopic (exact) mass is 399 g/mol. The minimum Gasteiger partial charge on any atom is -0.339 e. The first kappa shape index (κ1) is 16.9. The van der Waals surface area contributed by atoms with E-state index in [0.29, 0.717) is 17.1 Å². The molecule has 2 bridgehead atoms. The summed E-state index contributed by atoms with van der Waals surface area (Å²) in [5.41, 5.74) is 1.74. The highest BCUT2D eigenvalue weighted by Crippen LogP contribution is 2.44. The molecule has 1 fully saturated rings. The highest BCUT2D eigenvalue weighted by Gasteiger charge is 2.42. The van der Waals surface area contributed by atoms with E-state index in [2.05, 4.69) is 10.3 Å². The maximum absolute atomic E-state index is 14.1. The summed E-state index contributed by atoms with van der Waals surface area (Å²) in [6.07, 6.45) is 3.77. The first-order valence-corrected chi connectivity index (χ1v) is 8.99. The lowest BCUT2D eigenvalue weighted by molar-refractivity contribution is 0.292. The molecule has 0 unspecified atom stereocenters. The van der Waals surface area contributed by atoms with Gasteiger partial charge in [0.05, 0.1) is 21.8 Å². The van der Waals surface area contributed by atoms with Crippen LogP contribution in [0.2, 0.25) is 10.0 Å². The lowest BCUT2D eigenvalue weighted by atomic mass is 9.95. The smallest absolute Gasteiger partial charge is 0.216 e. The Morgan fingerprint density at radius 3 is 2.80 bits per heavy atom. The van der Waals surface area contributed by atoms with Gasteiger partial charge in [-0.2, -0.15) is 4.39 Å². The number of pyridine rings is 1. The van der Waals surface area contributed by atoms with E-state index in [4.69, 9.17) is 35.4 Å². The predicted molar refractivity (Wildman–Crippen MR) is 98.1 cm³/mol. The maximum atomic E-state index is 14.1. The van der Waals surface area contributed by atoms with E-state index >= 15 is 0 Å². The fourth-order valence-electron chi connectivity index (χ4n) is 3.72. The molecule has 1 aromatic heterocycles. The van der Waals surface area contributed by atoms with Crippen LogP contribution in [0.25, 0.3) is 0 Å². The van der Waals surface area contributed by atoms with Gasteiger partial charge in [0.1, 0.15) is 5.82 Å². The Hall–Kier alpha value is -1.50. The van der Waals surface area contributed by atoms with Crippen LogP contribution < -0.4 is 5.32 Å². The van der Waals surface area contributed by atoms with Crippen LogP contribution in [-0.2, 0) is 6.42 Å². The summed E-state index contributed by atoms with van der Waals surface area (Å²) in [5.74, 6) is -0.944. The van der Waals surface area contributed by atoms with Crippen molar-refractivity contribution < 1.29 is 8.78 Å². The van der Waals surface area contributed by atoms with Gasteiger partial charge in [0, 0.05) is 17.8 Å². The lowest BCUT2D eigenvalue weighted by Gasteiger charge is -2.38. The molecule has 25 heavy (non-hydrogen) atoms. The molecule has 1 N–H and O–H groups in total. The molecule has 1 saturated heterocycles. The van der Waals surface area contributed by atoms with Crippen LogP contribution in [0.5, 0.6) is 0 Å². The van der Waals surface area contributed by atoms with Crippen molar-refractivity contribution in [2.24, 2.45) is 0 Å². The van der Waals surface area contributed by atoms with Gasteiger partial charge < -0.3 is 10.2 Å². The molecule has 130 valence electrons. The Balaban J connectivity index is 1.63. The van der Waals surface area contributed by atoms with Crippen molar-refractivity contribution in [2.75, 3.05) is 5.32 Å². The molecule has 8 heteroatoms. The van der Waals surface area contributed by atoms with Gasteiger partial charge in [0.25, 0.3) is 0 Å². The van der Waals surface area contributed by atoms with E-state index in [1.165, 1.54) is 12.3 Å². The number of benzene rings is 1. The molecule has 2 aromatic rings. The number of halogens is 4. The van der Waals surface area contributed by atoms with Crippen LogP contribution in [0.3, 0.4) is 0 Å². The molecule has 2 aliphatic rings. The zero-order valence-electron chi connectivity index (χ0n) is 12.9. The summed E-state index contributed by atoms with van der Waals surface area (Å²) in [6, 6.07) is 4.43. The number of rotatable bonds is 1. The van der Waals surface area contributed by atoms with Crippen molar-refractivity contribution in [2.45, 2.75) is 31.3 Å². The van der Waals surface area contributed by atoms with Gasteiger partial charge in [-0.05, 0) is 55.2 Å². The molecule has 4 rings (SSSR count). The van der Waals surface area contributed by atoms with Gasteiger partial charge in [0.15, 0.2) is 5.11 Å². The summed E-state index contributed by atoms with van der Waals surface area (Å²) in [6.45, 7) is 0. The minimum atomic E-state index is -0.531. The number of nitrogens with one attached hydrogen (secondary N) is 1. The second-order valence-electron chi connectivity index (χ2n) is 6.20. The Morgan fingerprint density at radius 2 is 2.00 bits per heavy atom. The van der Waals surface area contributed by atoms with E-state index < -0.39 is 11.8 Å². The molecule has 3 heterocycles. The zero-order valence-corrected chi connectivity index (χ0v) is 15.2. The van der Waals surface area contributed by atoms with Crippen molar-refractivity contribution in [1.29, 1.82) is 0 Å². The molecule has 0 spiro atoms. The van der Waals surface area contributed by atoms with E-state index in [9.17, 15) is 8.78 Å². The van der Waals surface area contributed by atoms with Gasteiger partial charge in [0.2, 0.25) is 5.95 Å². The van der Waals surface area contributed by atoms with E-state index in [0.717, 1.165) is 24.5 Å². The molecule has 2 aliphatic heterocycles. The van der Waals surface area contributed by atoms with Crippen LogP contribution in [0.15, 0.2) is 24.4 Å². The molecule has 1 aromatic carbocycles. The van der Waals surface area contributed by atoms with Crippen LogP contribution in [0.1, 0.15) is 30.0 Å². The lowest BCUT2D eigenvalue weighted by Crippen LogP contribution is -2.44. The van der Waals surface area contributed by atoms with Gasteiger partial charge in [-0.25, -0.2) is 9.37 Å². The number of fused-ring (bicyclic) bond motifs is 4. The molecule has 0 amide bonds. The summed E-state index contributed by atoms with van der Waals surface area (Å²) < 4.78 is 28.1. The average molecular weight is 400 g/mol. The fourth-order valence-corrected chi connectivity index (χ4v) is 4.42. The minimum absolute atomic E-state index is 0.0305. The third-order valence-corrected chi connectivity index (χ3v) is 5.86. The number of aromatic nitrogens is 1. The Kier molecular flexibility index (Phi) is 4.30. The van der Waals surface area contributed by atoms with E-state index in [1.807, 2.05) is 11.0 Å². The third-order valence-electron chi connectivity index (χ3n) is 4.83. The molecule has 0 aliphatic carbocycles. The van der Waals surface area contributed by atoms with Crippen LogP contribution >= 0.6 is 35.4 Å². The largest absolute Gasteiger partial charge is 0.339 e. The Morgan fingerprint density at radius 1 is 1.24 bits per heavy atom. The van der Waals surface area contributed by atoms with Crippen molar-refractivity contribution in [1.82, 2.24) is 9.88 Å².